The van der Waals surface area contributed by atoms with E-state index >= 15 is 0 Å². The first-order valence-electron chi connectivity index (χ1n) is 10.5. The average molecular weight is 496 g/mol. The van der Waals surface area contributed by atoms with Crippen LogP contribution in [-0.2, 0) is 42.9 Å². The SMILES string of the molecule is COc1cccc(NC(=O)N[C@@H]2[C@H](OC(C)=O)O[C@H](COC(C)=O)[C@@H](OC(C)=O)[C@@H]2OC(C)=O)c1. The van der Waals surface area contributed by atoms with Gasteiger partial charge in [0.2, 0.25) is 6.29 Å². The minimum Gasteiger partial charge on any atom is -0.497 e. The molecule has 5 atom stereocenters. The predicted molar refractivity (Wildman–Crippen MR) is 117 cm³/mol. The number of benzene rings is 1. The zero-order chi connectivity index (χ0) is 26.1. The molecule has 2 N–H and O–H groups in total. The van der Waals surface area contributed by atoms with Crippen molar-refractivity contribution in [2.75, 3.05) is 19.0 Å². The molecule has 0 spiro atoms. The lowest BCUT2D eigenvalue weighted by Gasteiger charge is -2.44. The number of rotatable bonds is 8. The van der Waals surface area contributed by atoms with Gasteiger partial charge < -0.3 is 39.1 Å². The monoisotopic (exact) mass is 496 g/mol. The highest BCUT2D eigenvalue weighted by atomic mass is 16.7. The van der Waals surface area contributed by atoms with Crippen LogP contribution in [0.5, 0.6) is 5.75 Å². The van der Waals surface area contributed by atoms with Gasteiger partial charge in [-0.2, -0.15) is 0 Å². The van der Waals surface area contributed by atoms with Gasteiger partial charge in [0.05, 0.1) is 7.11 Å². The van der Waals surface area contributed by atoms with E-state index in [0.29, 0.717) is 11.4 Å². The van der Waals surface area contributed by atoms with Crippen molar-refractivity contribution in [1.82, 2.24) is 5.32 Å². The van der Waals surface area contributed by atoms with E-state index in [9.17, 15) is 24.0 Å². The maximum absolute atomic E-state index is 12.8. The molecule has 1 aromatic rings. The fraction of sp³-hybridized carbons (Fsp3) is 0.500. The molecular formula is C22H28N2O11. The molecule has 35 heavy (non-hydrogen) atoms. The van der Waals surface area contributed by atoms with Gasteiger partial charge in [0.15, 0.2) is 12.2 Å². The molecular weight excluding hydrogens is 468 g/mol. The third-order valence-corrected chi connectivity index (χ3v) is 4.61. The Morgan fingerprint density at radius 3 is 2.09 bits per heavy atom. The molecule has 1 saturated heterocycles. The molecule has 2 amide bonds. The van der Waals surface area contributed by atoms with E-state index in [1.54, 1.807) is 24.3 Å². The molecule has 2 rings (SSSR count). The Balaban J connectivity index is 2.37. The highest BCUT2D eigenvalue weighted by Crippen LogP contribution is 2.28. The molecule has 0 aliphatic carbocycles. The van der Waals surface area contributed by atoms with Gasteiger partial charge in [0.1, 0.15) is 24.5 Å². The summed E-state index contributed by atoms with van der Waals surface area (Å²) in [6.45, 7) is 4.08. The summed E-state index contributed by atoms with van der Waals surface area (Å²) in [5, 5.41) is 5.11. The number of carbonyl (C=O) groups excluding carboxylic acids is 5. The fourth-order valence-electron chi connectivity index (χ4n) is 3.34. The molecule has 1 fully saturated rings. The van der Waals surface area contributed by atoms with Crippen molar-refractivity contribution in [3.63, 3.8) is 0 Å². The maximum Gasteiger partial charge on any atom is 0.319 e. The minimum absolute atomic E-state index is 0.371. The number of nitrogens with one attached hydrogen (secondary N) is 2. The number of hydrogen-bond donors (Lipinski definition) is 2. The van der Waals surface area contributed by atoms with Gasteiger partial charge in [-0.1, -0.05) is 6.07 Å². The lowest BCUT2D eigenvalue weighted by Crippen LogP contribution is -2.67. The van der Waals surface area contributed by atoms with E-state index in [1.165, 1.54) is 7.11 Å². The van der Waals surface area contributed by atoms with Gasteiger partial charge in [0.25, 0.3) is 0 Å². The van der Waals surface area contributed by atoms with E-state index in [-0.39, 0.29) is 0 Å². The highest BCUT2D eigenvalue weighted by Gasteiger charge is 2.52. The Morgan fingerprint density at radius 2 is 1.51 bits per heavy atom. The van der Waals surface area contributed by atoms with Gasteiger partial charge >= 0.3 is 29.9 Å². The summed E-state index contributed by atoms with van der Waals surface area (Å²) in [5.74, 6) is -2.46. The lowest BCUT2D eigenvalue weighted by molar-refractivity contribution is -0.270. The van der Waals surface area contributed by atoms with Gasteiger partial charge in [-0.15, -0.1) is 0 Å². The standard InChI is InChI=1S/C22H28N2O11/c1-11(25)31-10-17-19(32-12(2)26)20(33-13(3)27)18(21(35-17)34-14(4)28)24-22(29)23-15-7-6-8-16(9-15)30-5/h6-9,17-21H,10H2,1-5H3,(H2,23,24,29)/t17-,18+,19-,20-,21-/m1/s1. The molecule has 0 saturated carbocycles. The highest BCUT2D eigenvalue weighted by molar-refractivity contribution is 5.89. The van der Waals surface area contributed by atoms with E-state index < -0.39 is 67.2 Å². The number of urea groups is 1. The van der Waals surface area contributed by atoms with Crippen molar-refractivity contribution in [2.45, 2.75) is 58.3 Å². The summed E-state index contributed by atoms with van der Waals surface area (Å²) >= 11 is 0. The Kier molecular flexibility index (Phi) is 9.82. The molecule has 1 aliphatic rings. The predicted octanol–water partition coefficient (Wildman–Crippen LogP) is 0.900. The molecule has 13 heteroatoms. The van der Waals surface area contributed by atoms with Crippen molar-refractivity contribution < 1.29 is 52.4 Å². The molecule has 192 valence electrons. The van der Waals surface area contributed by atoms with E-state index in [0.717, 1.165) is 27.7 Å². The summed E-state index contributed by atoms with van der Waals surface area (Å²) in [6, 6.07) is 4.40. The normalized spacial score (nSPS) is 23.3. The van der Waals surface area contributed by atoms with Crippen molar-refractivity contribution in [1.29, 1.82) is 0 Å². The van der Waals surface area contributed by atoms with Crippen molar-refractivity contribution in [3.05, 3.63) is 24.3 Å². The van der Waals surface area contributed by atoms with Crippen molar-refractivity contribution in [3.8, 4) is 5.75 Å². The molecule has 1 heterocycles. The number of methoxy groups -OCH3 is 1. The zero-order valence-electron chi connectivity index (χ0n) is 19.9. The second kappa shape index (κ2) is 12.6. The van der Waals surface area contributed by atoms with Crippen molar-refractivity contribution in [2.24, 2.45) is 0 Å². The minimum atomic E-state index is -1.49. The molecule has 13 nitrogen and oxygen atoms in total. The Bertz CT molecular complexity index is 951. The smallest absolute Gasteiger partial charge is 0.319 e. The Labute approximate surface area is 201 Å². The Hall–Kier alpha value is -3.87. The number of hydrogen-bond acceptors (Lipinski definition) is 11. The zero-order valence-corrected chi connectivity index (χ0v) is 19.9. The van der Waals surface area contributed by atoms with Crippen LogP contribution in [0.25, 0.3) is 0 Å². The van der Waals surface area contributed by atoms with Crippen LogP contribution >= 0.6 is 0 Å². The summed E-state index contributed by atoms with van der Waals surface area (Å²) in [6.07, 6.45) is -5.35. The van der Waals surface area contributed by atoms with Gasteiger partial charge in [0, 0.05) is 39.4 Å². The molecule has 0 aromatic heterocycles. The number of ether oxygens (including phenoxy) is 6. The molecule has 0 radical (unpaired) electrons. The summed E-state index contributed by atoms with van der Waals surface area (Å²) in [7, 11) is 1.47. The van der Waals surface area contributed by atoms with Crippen LogP contribution in [0.1, 0.15) is 27.7 Å². The van der Waals surface area contributed by atoms with E-state index in [2.05, 4.69) is 10.6 Å². The second-order valence-electron chi connectivity index (χ2n) is 7.46. The van der Waals surface area contributed by atoms with Crippen molar-refractivity contribution >= 4 is 35.6 Å². The van der Waals surface area contributed by atoms with E-state index in [1.807, 2.05) is 0 Å². The second-order valence-corrected chi connectivity index (χ2v) is 7.46. The first-order chi connectivity index (χ1) is 16.5. The maximum atomic E-state index is 12.8. The molecule has 1 aliphatic heterocycles. The van der Waals surface area contributed by atoms with Crippen LogP contribution in [0.3, 0.4) is 0 Å². The lowest BCUT2D eigenvalue weighted by atomic mass is 9.96. The number of esters is 4. The summed E-state index contributed by atoms with van der Waals surface area (Å²) < 4.78 is 31.7. The van der Waals surface area contributed by atoms with E-state index in [4.69, 9.17) is 28.4 Å². The fourth-order valence-corrected chi connectivity index (χ4v) is 3.34. The summed E-state index contributed by atoms with van der Waals surface area (Å²) in [5.41, 5.74) is 0.371. The molecule has 0 unspecified atom stereocenters. The number of amides is 2. The van der Waals surface area contributed by atoms with Crippen LogP contribution in [-0.4, -0.2) is 74.3 Å². The molecule has 0 bridgehead atoms. The topological polar surface area (TPSA) is 165 Å². The molecule has 1 aromatic carbocycles. The van der Waals surface area contributed by atoms with Gasteiger partial charge in [-0.25, -0.2) is 4.79 Å². The first-order valence-corrected chi connectivity index (χ1v) is 10.5. The van der Waals surface area contributed by atoms with Crippen LogP contribution in [0.15, 0.2) is 24.3 Å². The number of anilines is 1. The Morgan fingerprint density at radius 1 is 0.886 bits per heavy atom. The van der Waals surface area contributed by atoms with Crippen LogP contribution in [0.4, 0.5) is 10.5 Å². The van der Waals surface area contributed by atoms with Gasteiger partial charge in [-0.3, -0.25) is 19.2 Å². The number of carbonyl (C=O) groups is 5. The quantitative estimate of drug-likeness (QED) is 0.388. The van der Waals surface area contributed by atoms with Gasteiger partial charge in [-0.05, 0) is 12.1 Å². The largest absolute Gasteiger partial charge is 0.497 e. The van der Waals surface area contributed by atoms with Crippen LogP contribution in [0.2, 0.25) is 0 Å². The third kappa shape index (κ3) is 8.45. The third-order valence-electron chi connectivity index (χ3n) is 4.61. The summed E-state index contributed by atoms with van der Waals surface area (Å²) in [4.78, 5) is 59.6. The van der Waals surface area contributed by atoms with Crippen LogP contribution in [0, 0.1) is 0 Å². The average Bonchev–Trinajstić information content (AvgIpc) is 2.75. The first kappa shape index (κ1) is 27.4. The van der Waals surface area contributed by atoms with Crippen LogP contribution < -0.4 is 15.4 Å².